The van der Waals surface area contributed by atoms with Gasteiger partial charge in [-0.25, -0.2) is 4.98 Å². The van der Waals surface area contributed by atoms with Gasteiger partial charge in [-0.15, -0.1) is 13.2 Å². The highest BCUT2D eigenvalue weighted by molar-refractivity contribution is 5.95. The highest BCUT2D eigenvalue weighted by atomic mass is 19.4. The Morgan fingerprint density at radius 3 is 2.53 bits per heavy atom. The van der Waals surface area contributed by atoms with Crippen molar-refractivity contribution in [1.29, 1.82) is 0 Å². The number of hydrogen-bond donors (Lipinski definition) is 1. The molecule has 1 N–H and O–H groups in total. The van der Waals surface area contributed by atoms with Crippen molar-refractivity contribution in [2.45, 2.75) is 31.5 Å². The number of pyridine rings is 1. The first-order valence-corrected chi connectivity index (χ1v) is 12.2. The first-order chi connectivity index (χ1) is 18.2. The van der Waals surface area contributed by atoms with Gasteiger partial charge in [0.1, 0.15) is 5.75 Å². The van der Waals surface area contributed by atoms with Crippen molar-refractivity contribution in [2.24, 2.45) is 0 Å². The van der Waals surface area contributed by atoms with Gasteiger partial charge in [-0.05, 0) is 66.3 Å². The van der Waals surface area contributed by atoms with Crippen LogP contribution in [0.3, 0.4) is 0 Å². The second-order valence-corrected chi connectivity index (χ2v) is 9.25. The number of piperidine rings is 1. The molecule has 38 heavy (non-hydrogen) atoms. The number of rotatable bonds is 6. The van der Waals surface area contributed by atoms with E-state index in [1.165, 1.54) is 18.2 Å². The molecule has 1 fully saturated rings. The largest absolute Gasteiger partial charge is 0.573 e. The lowest BCUT2D eigenvalue weighted by atomic mass is 9.89. The SMILES string of the molecule is O=C(Cc1cccc(OC(F)(F)F)c1)Nc1ccc(C2CCN(C(=O)c3ccn4cncc4c3)CC2)cc1. The summed E-state index contributed by atoms with van der Waals surface area (Å²) in [6, 6.07) is 16.6. The second-order valence-electron chi connectivity index (χ2n) is 9.25. The van der Waals surface area contributed by atoms with Crippen LogP contribution in [-0.4, -0.2) is 45.6 Å². The van der Waals surface area contributed by atoms with Crippen molar-refractivity contribution in [1.82, 2.24) is 14.3 Å². The van der Waals surface area contributed by atoms with Gasteiger partial charge in [0.05, 0.1) is 24.5 Å². The highest BCUT2D eigenvalue weighted by Gasteiger charge is 2.31. The third kappa shape index (κ3) is 6.13. The number of nitrogens with zero attached hydrogens (tertiary/aromatic N) is 3. The van der Waals surface area contributed by atoms with Crippen molar-refractivity contribution in [3.05, 3.63) is 96.1 Å². The lowest BCUT2D eigenvalue weighted by Gasteiger charge is -2.32. The number of fused-ring (bicyclic) bond motifs is 1. The van der Waals surface area contributed by atoms with E-state index < -0.39 is 6.36 Å². The molecule has 0 radical (unpaired) electrons. The van der Waals surface area contributed by atoms with Gasteiger partial charge >= 0.3 is 6.36 Å². The number of benzene rings is 2. The minimum Gasteiger partial charge on any atom is -0.406 e. The van der Waals surface area contributed by atoms with Gasteiger partial charge in [0.25, 0.3) is 5.91 Å². The summed E-state index contributed by atoms with van der Waals surface area (Å²) in [7, 11) is 0. The predicted molar refractivity (Wildman–Crippen MR) is 135 cm³/mol. The number of carbonyl (C=O) groups excluding carboxylic acids is 2. The Morgan fingerprint density at radius 1 is 1.03 bits per heavy atom. The molecule has 2 aromatic carbocycles. The van der Waals surface area contributed by atoms with Gasteiger partial charge in [-0.1, -0.05) is 24.3 Å². The Hall–Kier alpha value is -4.34. The number of ether oxygens (including phenoxy) is 1. The summed E-state index contributed by atoms with van der Waals surface area (Å²) < 4.78 is 43.1. The molecule has 1 saturated heterocycles. The van der Waals surface area contributed by atoms with E-state index in [-0.39, 0.29) is 24.0 Å². The van der Waals surface area contributed by atoms with Crippen LogP contribution in [-0.2, 0) is 11.2 Å². The molecule has 1 aliphatic heterocycles. The number of carbonyl (C=O) groups is 2. The second kappa shape index (κ2) is 10.6. The molecule has 3 heterocycles. The van der Waals surface area contributed by atoms with Crippen LogP contribution < -0.4 is 10.1 Å². The Labute approximate surface area is 216 Å². The number of alkyl halides is 3. The third-order valence-electron chi connectivity index (χ3n) is 6.61. The minimum atomic E-state index is -4.79. The normalized spacial score (nSPS) is 14.4. The van der Waals surface area contributed by atoms with E-state index in [2.05, 4.69) is 15.0 Å². The summed E-state index contributed by atoms with van der Waals surface area (Å²) in [5.74, 6) is -0.389. The molecule has 0 saturated carbocycles. The summed E-state index contributed by atoms with van der Waals surface area (Å²) >= 11 is 0. The molecule has 0 atom stereocenters. The van der Waals surface area contributed by atoms with Crippen LogP contribution >= 0.6 is 0 Å². The number of aromatic nitrogens is 2. The van der Waals surface area contributed by atoms with Crippen LogP contribution in [0.1, 0.15) is 40.2 Å². The van der Waals surface area contributed by atoms with Crippen molar-refractivity contribution >= 4 is 23.0 Å². The Bertz CT molecular complexity index is 1440. The number of nitrogens with one attached hydrogen (secondary N) is 1. The van der Waals surface area contributed by atoms with Crippen LogP contribution in [0.15, 0.2) is 79.4 Å². The quantitative estimate of drug-likeness (QED) is 0.366. The van der Waals surface area contributed by atoms with Gasteiger partial charge in [0.15, 0.2) is 0 Å². The van der Waals surface area contributed by atoms with E-state index >= 15 is 0 Å². The summed E-state index contributed by atoms with van der Waals surface area (Å²) in [4.78, 5) is 31.4. The van der Waals surface area contributed by atoms with Crippen LogP contribution in [0.2, 0.25) is 0 Å². The molecule has 0 spiro atoms. The fourth-order valence-electron chi connectivity index (χ4n) is 4.73. The van der Waals surface area contributed by atoms with Crippen molar-refractivity contribution in [3.8, 4) is 5.75 Å². The van der Waals surface area contributed by atoms with Gasteiger partial charge in [-0.3, -0.25) is 9.59 Å². The van der Waals surface area contributed by atoms with E-state index in [1.807, 2.05) is 51.9 Å². The molecule has 2 aromatic heterocycles. The first-order valence-electron chi connectivity index (χ1n) is 12.2. The zero-order valence-corrected chi connectivity index (χ0v) is 20.3. The molecular formula is C28H25F3N4O3. The summed E-state index contributed by atoms with van der Waals surface area (Å²) in [5.41, 5.74) is 3.67. The standard InChI is InChI=1S/C28H25F3N4O3/c29-28(30,31)38-25-3-1-2-19(14-25)15-26(36)33-23-6-4-20(5-7-23)21-8-11-34(12-9-21)27(37)22-10-13-35-18-32-17-24(35)16-22/h1-7,10,13-14,16-18,21H,8-9,11-12,15H2,(H,33,36). The molecule has 0 bridgehead atoms. The molecule has 196 valence electrons. The Kier molecular flexibility index (Phi) is 7.04. The monoisotopic (exact) mass is 522 g/mol. The molecular weight excluding hydrogens is 497 g/mol. The molecule has 5 rings (SSSR count). The van der Waals surface area contributed by atoms with Crippen LogP contribution in [0.25, 0.3) is 5.52 Å². The summed E-state index contributed by atoms with van der Waals surface area (Å²) in [5, 5.41) is 2.78. The number of amides is 2. The lowest BCUT2D eigenvalue weighted by molar-refractivity contribution is -0.274. The maximum Gasteiger partial charge on any atom is 0.573 e. The van der Waals surface area contributed by atoms with Gasteiger partial charge in [-0.2, -0.15) is 0 Å². The topological polar surface area (TPSA) is 75.9 Å². The first kappa shape index (κ1) is 25.3. The van der Waals surface area contributed by atoms with Crippen LogP contribution in [0.4, 0.5) is 18.9 Å². The van der Waals surface area contributed by atoms with Crippen molar-refractivity contribution in [2.75, 3.05) is 18.4 Å². The van der Waals surface area contributed by atoms with E-state index in [0.717, 1.165) is 23.9 Å². The maximum absolute atomic E-state index is 13.0. The molecule has 1 aliphatic rings. The smallest absolute Gasteiger partial charge is 0.406 e. The minimum absolute atomic E-state index is 0.0146. The zero-order valence-electron chi connectivity index (χ0n) is 20.3. The van der Waals surface area contributed by atoms with E-state index in [4.69, 9.17) is 0 Å². The van der Waals surface area contributed by atoms with E-state index in [0.29, 0.717) is 35.8 Å². The molecule has 7 nitrogen and oxygen atoms in total. The number of likely N-dealkylation sites (tertiary alicyclic amines) is 1. The molecule has 0 aliphatic carbocycles. The fourth-order valence-corrected chi connectivity index (χ4v) is 4.73. The average Bonchev–Trinajstić information content (AvgIpc) is 3.36. The van der Waals surface area contributed by atoms with Gasteiger partial charge in [0.2, 0.25) is 5.91 Å². The predicted octanol–water partition coefficient (Wildman–Crippen LogP) is 5.43. The van der Waals surface area contributed by atoms with E-state index in [1.54, 1.807) is 18.6 Å². The molecule has 10 heteroatoms. The number of imidazole rings is 1. The average molecular weight is 523 g/mol. The zero-order chi connectivity index (χ0) is 26.7. The number of hydrogen-bond acceptors (Lipinski definition) is 4. The van der Waals surface area contributed by atoms with Crippen molar-refractivity contribution < 1.29 is 27.5 Å². The molecule has 2 amide bonds. The Morgan fingerprint density at radius 2 is 1.79 bits per heavy atom. The summed E-state index contributed by atoms with van der Waals surface area (Å²) in [6.07, 6.45) is 2.05. The van der Waals surface area contributed by atoms with Crippen LogP contribution in [0, 0.1) is 0 Å². The lowest BCUT2D eigenvalue weighted by Crippen LogP contribution is -2.37. The maximum atomic E-state index is 13.0. The van der Waals surface area contributed by atoms with Crippen LogP contribution in [0.5, 0.6) is 5.75 Å². The highest BCUT2D eigenvalue weighted by Crippen LogP contribution is 2.30. The molecule has 0 unspecified atom stereocenters. The molecule has 4 aromatic rings. The number of anilines is 1. The Balaban J connectivity index is 1.13. The summed E-state index contributed by atoms with van der Waals surface area (Å²) in [6.45, 7) is 1.31. The number of halogens is 3. The van der Waals surface area contributed by atoms with Crippen molar-refractivity contribution in [3.63, 3.8) is 0 Å². The van der Waals surface area contributed by atoms with Gasteiger partial charge in [0, 0.05) is 30.5 Å². The van der Waals surface area contributed by atoms with Gasteiger partial charge < -0.3 is 19.4 Å². The van der Waals surface area contributed by atoms with E-state index in [9.17, 15) is 22.8 Å². The third-order valence-corrected chi connectivity index (χ3v) is 6.61. The fraction of sp³-hybridized carbons (Fsp3) is 0.250.